The molecule has 1 aliphatic carbocycles. The SMILES string of the molecule is C1=CC(C2CC(c3ccccc3)c3ccccc32)=CCC=N1.CCOC=O. The largest absolute Gasteiger partial charge is 0.468 e. The normalized spacial score (nSPS) is 20.0. The number of fused-ring (bicyclic) bond motifs is 1. The minimum atomic E-state index is 0.431. The number of carbonyl (C=O) groups excluding carboxylic acids is 1. The van der Waals surface area contributed by atoms with Crippen LogP contribution in [0.3, 0.4) is 0 Å². The molecule has 2 aromatic carbocycles. The van der Waals surface area contributed by atoms with E-state index in [1.807, 2.05) is 12.4 Å². The molecule has 0 N–H and O–H groups in total. The molecule has 0 radical (unpaired) electrons. The van der Waals surface area contributed by atoms with Gasteiger partial charge in [0.2, 0.25) is 0 Å². The molecule has 2 atom stereocenters. The molecule has 2 unspecified atom stereocenters. The first kappa shape index (κ1) is 18.8. The Morgan fingerprint density at radius 3 is 2.41 bits per heavy atom. The summed E-state index contributed by atoms with van der Waals surface area (Å²) in [6, 6.07) is 19.8. The van der Waals surface area contributed by atoms with E-state index in [0.29, 0.717) is 24.9 Å². The molecule has 0 amide bonds. The van der Waals surface area contributed by atoms with Crippen LogP contribution in [-0.2, 0) is 9.53 Å². The molecular weight excluding hydrogens is 334 g/mol. The van der Waals surface area contributed by atoms with Gasteiger partial charge in [0.05, 0.1) is 6.61 Å². The summed E-state index contributed by atoms with van der Waals surface area (Å²) in [5, 5.41) is 0. The molecule has 0 spiro atoms. The van der Waals surface area contributed by atoms with Gasteiger partial charge >= 0.3 is 0 Å². The van der Waals surface area contributed by atoms with Gasteiger partial charge in [-0.15, -0.1) is 0 Å². The van der Waals surface area contributed by atoms with Crippen molar-refractivity contribution < 1.29 is 9.53 Å². The average Bonchev–Trinajstić information content (AvgIpc) is 2.89. The zero-order chi connectivity index (χ0) is 18.9. The first-order valence-corrected chi connectivity index (χ1v) is 9.42. The first-order valence-electron chi connectivity index (χ1n) is 9.42. The third kappa shape index (κ3) is 4.62. The highest BCUT2D eigenvalue weighted by Gasteiger charge is 2.32. The fourth-order valence-corrected chi connectivity index (χ4v) is 3.79. The Morgan fingerprint density at radius 2 is 1.74 bits per heavy atom. The number of rotatable bonds is 4. The second-order valence-electron chi connectivity index (χ2n) is 6.52. The molecule has 0 aromatic heterocycles. The summed E-state index contributed by atoms with van der Waals surface area (Å²) in [6.07, 6.45) is 10.5. The predicted molar refractivity (Wildman–Crippen MR) is 110 cm³/mol. The highest BCUT2D eigenvalue weighted by atomic mass is 16.5. The molecular formula is C24H25NO2. The van der Waals surface area contributed by atoms with Gasteiger partial charge in [0.15, 0.2) is 0 Å². The molecule has 0 saturated heterocycles. The molecule has 1 aliphatic heterocycles. The summed E-state index contributed by atoms with van der Waals surface area (Å²) in [4.78, 5) is 13.5. The van der Waals surface area contributed by atoms with Gasteiger partial charge in [0, 0.05) is 30.7 Å². The maximum absolute atomic E-state index is 9.18. The van der Waals surface area contributed by atoms with E-state index in [4.69, 9.17) is 0 Å². The topological polar surface area (TPSA) is 38.7 Å². The third-order valence-electron chi connectivity index (χ3n) is 4.97. The Bertz CT molecular complexity index is 836. The molecule has 2 aliphatic rings. The van der Waals surface area contributed by atoms with Crippen LogP contribution in [0.15, 0.2) is 83.5 Å². The van der Waals surface area contributed by atoms with Crippen LogP contribution in [-0.4, -0.2) is 19.3 Å². The number of ether oxygens (including phenoxy) is 1. The molecule has 138 valence electrons. The van der Waals surface area contributed by atoms with Crippen molar-refractivity contribution in [1.29, 1.82) is 0 Å². The molecule has 2 aromatic rings. The summed E-state index contributed by atoms with van der Waals surface area (Å²) in [6.45, 7) is 2.66. The van der Waals surface area contributed by atoms with E-state index in [0.717, 1.165) is 12.8 Å². The lowest BCUT2D eigenvalue weighted by Crippen LogP contribution is -1.98. The van der Waals surface area contributed by atoms with Gasteiger partial charge in [-0.2, -0.15) is 0 Å². The first-order chi connectivity index (χ1) is 13.3. The van der Waals surface area contributed by atoms with Crippen LogP contribution >= 0.6 is 0 Å². The van der Waals surface area contributed by atoms with Crippen LogP contribution in [0.1, 0.15) is 48.3 Å². The smallest absolute Gasteiger partial charge is 0.293 e. The van der Waals surface area contributed by atoms with Crippen LogP contribution in [0, 0.1) is 0 Å². The van der Waals surface area contributed by atoms with Crippen molar-refractivity contribution in [3.63, 3.8) is 0 Å². The highest BCUT2D eigenvalue weighted by molar-refractivity contribution is 5.63. The van der Waals surface area contributed by atoms with Gasteiger partial charge in [0.25, 0.3) is 6.47 Å². The van der Waals surface area contributed by atoms with Gasteiger partial charge < -0.3 is 4.74 Å². The lowest BCUT2D eigenvalue weighted by Gasteiger charge is -2.14. The Labute approximate surface area is 161 Å². The van der Waals surface area contributed by atoms with Crippen molar-refractivity contribution >= 4 is 12.7 Å². The summed E-state index contributed by atoms with van der Waals surface area (Å²) in [7, 11) is 0. The number of aliphatic imine (C=N–C) groups is 1. The van der Waals surface area contributed by atoms with Gasteiger partial charge in [-0.3, -0.25) is 9.79 Å². The summed E-state index contributed by atoms with van der Waals surface area (Å²) in [5.74, 6) is 0.986. The predicted octanol–water partition coefficient (Wildman–Crippen LogP) is 5.40. The number of hydrogen-bond acceptors (Lipinski definition) is 3. The quantitative estimate of drug-likeness (QED) is 0.686. The van der Waals surface area contributed by atoms with Crippen LogP contribution in [0.4, 0.5) is 0 Å². The fraction of sp³-hybridized carbons (Fsp3) is 0.250. The second-order valence-corrected chi connectivity index (χ2v) is 6.52. The number of carbonyl (C=O) groups is 1. The van der Waals surface area contributed by atoms with Gasteiger partial charge in [-0.1, -0.05) is 60.7 Å². The Kier molecular flexibility index (Phi) is 6.75. The standard InChI is InChI=1S/C21H19N.C3H6O2/c1-2-7-16(8-3-1)20-15-21(17-9-6-13-22-14-12-17)19-11-5-4-10-18(19)20;1-2-5-3-4/h1-5,7-14,20-21H,6,15H2;3H,2H2,1H3. The molecule has 3 nitrogen and oxygen atoms in total. The molecule has 0 saturated carbocycles. The second kappa shape index (κ2) is 9.67. The van der Waals surface area contributed by atoms with Gasteiger partial charge in [0.1, 0.15) is 0 Å². The summed E-state index contributed by atoms with van der Waals surface area (Å²) >= 11 is 0. The molecule has 1 heterocycles. The average molecular weight is 359 g/mol. The maximum atomic E-state index is 9.18. The summed E-state index contributed by atoms with van der Waals surface area (Å²) in [5.41, 5.74) is 5.79. The zero-order valence-electron chi connectivity index (χ0n) is 15.6. The van der Waals surface area contributed by atoms with Crippen molar-refractivity contribution in [2.75, 3.05) is 6.61 Å². The van der Waals surface area contributed by atoms with Crippen molar-refractivity contribution in [2.45, 2.75) is 31.6 Å². The van der Waals surface area contributed by atoms with Crippen LogP contribution in [0.5, 0.6) is 0 Å². The van der Waals surface area contributed by atoms with Crippen LogP contribution in [0.2, 0.25) is 0 Å². The Balaban J connectivity index is 0.000000376. The minimum absolute atomic E-state index is 0.431. The Hall–Kier alpha value is -2.94. The highest BCUT2D eigenvalue weighted by Crippen LogP contribution is 2.48. The van der Waals surface area contributed by atoms with Crippen molar-refractivity contribution in [3.05, 3.63) is 95.2 Å². The maximum Gasteiger partial charge on any atom is 0.293 e. The van der Waals surface area contributed by atoms with E-state index in [9.17, 15) is 4.79 Å². The number of benzene rings is 2. The Morgan fingerprint density at radius 1 is 1.04 bits per heavy atom. The monoisotopic (exact) mass is 359 g/mol. The minimum Gasteiger partial charge on any atom is -0.468 e. The third-order valence-corrected chi connectivity index (χ3v) is 4.97. The molecule has 4 rings (SSSR count). The fourth-order valence-electron chi connectivity index (χ4n) is 3.79. The van der Waals surface area contributed by atoms with Crippen molar-refractivity contribution in [3.8, 4) is 0 Å². The van der Waals surface area contributed by atoms with Gasteiger partial charge in [-0.05, 0) is 41.7 Å². The van der Waals surface area contributed by atoms with E-state index < -0.39 is 0 Å². The van der Waals surface area contributed by atoms with Crippen LogP contribution < -0.4 is 0 Å². The van der Waals surface area contributed by atoms with Crippen molar-refractivity contribution in [1.82, 2.24) is 0 Å². The zero-order valence-corrected chi connectivity index (χ0v) is 15.6. The number of hydrogen-bond donors (Lipinski definition) is 0. The molecule has 0 bridgehead atoms. The molecule has 0 fully saturated rings. The number of nitrogens with zero attached hydrogens (tertiary/aromatic N) is 1. The van der Waals surface area contributed by atoms with Crippen molar-refractivity contribution in [2.24, 2.45) is 4.99 Å². The molecule has 27 heavy (non-hydrogen) atoms. The lowest BCUT2D eigenvalue weighted by atomic mass is 9.90. The van der Waals surface area contributed by atoms with E-state index in [2.05, 4.69) is 76.5 Å². The summed E-state index contributed by atoms with van der Waals surface area (Å²) < 4.78 is 4.15. The number of allylic oxidation sites excluding steroid dienone is 3. The molecule has 3 heteroatoms. The lowest BCUT2D eigenvalue weighted by molar-refractivity contribution is -0.128. The van der Waals surface area contributed by atoms with E-state index >= 15 is 0 Å². The van der Waals surface area contributed by atoms with E-state index in [1.165, 1.54) is 22.3 Å². The van der Waals surface area contributed by atoms with Gasteiger partial charge in [-0.25, -0.2) is 0 Å². The van der Waals surface area contributed by atoms with E-state index in [1.54, 1.807) is 6.92 Å². The van der Waals surface area contributed by atoms with E-state index in [-0.39, 0.29) is 0 Å². The van der Waals surface area contributed by atoms with Crippen LogP contribution in [0.25, 0.3) is 0 Å².